The molecule has 0 fully saturated rings. The van der Waals surface area contributed by atoms with E-state index in [2.05, 4.69) is 42.5 Å². The summed E-state index contributed by atoms with van der Waals surface area (Å²) in [5.74, 6) is -9.39. The van der Waals surface area contributed by atoms with Crippen molar-refractivity contribution < 1.29 is 63.3 Å². The van der Waals surface area contributed by atoms with Crippen LogP contribution in [0.1, 0.15) is 84.3 Å². The summed E-state index contributed by atoms with van der Waals surface area (Å²) in [5, 5.41) is 49.8. The number of phenolic OH excluding ortho intramolecular Hbond substituents is 1. The predicted molar refractivity (Wildman–Crippen MR) is 275 cm³/mol. The molecule has 2 rings (SSSR count). The number of aliphatic hydroxyl groups excluding tert-OH is 1. The van der Waals surface area contributed by atoms with Crippen LogP contribution in [0.15, 0.2) is 54.6 Å². The van der Waals surface area contributed by atoms with E-state index in [9.17, 15) is 63.3 Å². The predicted octanol–water partition coefficient (Wildman–Crippen LogP) is -2.31. The Morgan fingerprint density at radius 3 is 1.55 bits per heavy atom. The molecule has 2 aromatic carbocycles. The maximum atomic E-state index is 14.3. The third-order valence-corrected chi connectivity index (χ3v) is 12.0. The summed E-state index contributed by atoms with van der Waals surface area (Å²) in [5.41, 5.74) is 18.0. The second kappa shape index (κ2) is 32.4. The Morgan fingerprint density at radius 1 is 0.568 bits per heavy atom. The Hall–Kier alpha value is -6.83. The van der Waals surface area contributed by atoms with Crippen LogP contribution >= 0.6 is 11.8 Å². The summed E-state index contributed by atoms with van der Waals surface area (Å²) < 4.78 is 0. The van der Waals surface area contributed by atoms with E-state index >= 15 is 0 Å². The molecule has 0 spiro atoms. The molecule has 0 aliphatic carbocycles. The maximum absolute atomic E-state index is 14.3. The number of rotatable bonds is 33. The second-order valence-corrected chi connectivity index (χ2v) is 19.3. The minimum atomic E-state index is -1.76. The van der Waals surface area contributed by atoms with Gasteiger partial charge in [-0.25, -0.2) is 4.79 Å². The van der Waals surface area contributed by atoms with Crippen molar-refractivity contribution in [2.45, 2.75) is 146 Å². The number of primary amides is 1. The van der Waals surface area contributed by atoms with Gasteiger partial charge in [0.15, 0.2) is 0 Å². The van der Waals surface area contributed by atoms with Gasteiger partial charge in [-0.2, -0.15) is 11.8 Å². The van der Waals surface area contributed by atoms with Crippen molar-refractivity contribution in [2.24, 2.45) is 23.1 Å². The Balaban J connectivity index is 2.41. The van der Waals surface area contributed by atoms with Crippen LogP contribution in [0.4, 0.5) is 0 Å². The van der Waals surface area contributed by atoms with Gasteiger partial charge < -0.3 is 75.1 Å². The molecule has 0 aliphatic rings. The van der Waals surface area contributed by atoms with E-state index < -0.39 is 126 Å². The van der Waals surface area contributed by atoms with Gasteiger partial charge in [0.05, 0.1) is 18.6 Å². The normalized spacial score (nSPS) is 15.2. The first-order valence-corrected chi connectivity index (χ1v) is 25.6. The summed E-state index contributed by atoms with van der Waals surface area (Å²) in [7, 11) is 0. The number of benzene rings is 2. The first-order chi connectivity index (χ1) is 34.9. The smallest absolute Gasteiger partial charge is 0.326 e. The number of nitrogens with two attached hydrogens (primary N) is 3. The average Bonchev–Trinajstić information content (AvgIpc) is 3.33. The quantitative estimate of drug-likeness (QED) is 0.0334. The fourth-order valence-electron chi connectivity index (χ4n) is 7.21. The van der Waals surface area contributed by atoms with E-state index in [4.69, 9.17) is 17.2 Å². The first-order valence-electron chi connectivity index (χ1n) is 24.3. The largest absolute Gasteiger partial charge is 0.508 e. The fraction of sp³-hybridized carbons (Fsp3) is 0.551. The van der Waals surface area contributed by atoms with Gasteiger partial charge in [0.25, 0.3) is 0 Å². The van der Waals surface area contributed by atoms with Crippen molar-refractivity contribution >= 4 is 70.9 Å². The van der Waals surface area contributed by atoms with Crippen LogP contribution in [0.3, 0.4) is 0 Å². The maximum Gasteiger partial charge on any atom is 0.326 e. The van der Waals surface area contributed by atoms with Crippen molar-refractivity contribution in [1.82, 2.24) is 42.5 Å². The third-order valence-electron chi connectivity index (χ3n) is 11.4. The highest BCUT2D eigenvalue weighted by Gasteiger charge is 2.35. The molecule has 0 aliphatic heterocycles. The average molecular weight is 1060 g/mol. The minimum absolute atomic E-state index is 0.0573. The standard InChI is InChI=1S/C49H75N11O13S/c1-26(2)22-35(56-41(64)27(3)53-43(66)33(51)14-10-11-20-50)45(68)58-37(24-31-15-17-32(62)18-16-31)46(69)59-38(25-39(52)63)47(70)57-36(23-30-12-8-7-9-13-30)44(67)54-28(4)42(65)60-40(29(5)61)48(71)55-34(49(72)73)19-21-74-6/h7-9,12-13,15-18,26-29,33-38,40,61-62H,10-11,14,19-25,50-51H2,1-6H3,(H2,52,63)(H,53,66)(H,54,67)(H,55,71)(H,56,64)(H,57,70)(H,58,68)(H,59,69)(H,60,65)(H,72,73)/t27-,28-,29+,33-,34-,35-,36-,37-,38-,40-/m0/s1. The zero-order chi connectivity index (χ0) is 55.7. The molecule has 0 unspecified atom stereocenters. The molecule has 0 saturated carbocycles. The number of carboxylic acid groups (broad SMARTS) is 1. The summed E-state index contributed by atoms with van der Waals surface area (Å²) in [6, 6.07) is 1.51. The molecule has 10 atom stereocenters. The van der Waals surface area contributed by atoms with Gasteiger partial charge in [-0.1, -0.05) is 62.7 Å². The number of amides is 9. The van der Waals surface area contributed by atoms with Gasteiger partial charge in [-0.3, -0.25) is 43.2 Å². The lowest BCUT2D eigenvalue weighted by molar-refractivity contribution is -0.143. The minimum Gasteiger partial charge on any atom is -0.508 e. The molecular formula is C49H75N11O13S. The number of carbonyl (C=O) groups excluding carboxylic acids is 9. The lowest BCUT2D eigenvalue weighted by atomic mass is 10.00. The Kier molecular flexibility index (Phi) is 27.7. The first kappa shape index (κ1) is 63.3. The highest BCUT2D eigenvalue weighted by atomic mass is 32.2. The van der Waals surface area contributed by atoms with Crippen LogP contribution in [-0.2, 0) is 60.8 Å². The third kappa shape index (κ3) is 22.9. The highest BCUT2D eigenvalue weighted by Crippen LogP contribution is 2.14. The van der Waals surface area contributed by atoms with Crippen molar-refractivity contribution in [1.29, 1.82) is 0 Å². The molecule has 0 aromatic heterocycles. The van der Waals surface area contributed by atoms with Gasteiger partial charge in [0.1, 0.15) is 54.1 Å². The van der Waals surface area contributed by atoms with Crippen molar-refractivity contribution in [2.75, 3.05) is 18.6 Å². The molecule has 0 saturated heterocycles. The summed E-state index contributed by atoms with van der Waals surface area (Å²) >= 11 is 1.35. The number of carboxylic acids is 1. The number of aliphatic hydroxyl groups is 1. The van der Waals surface area contributed by atoms with Crippen molar-refractivity contribution in [3.8, 4) is 5.75 Å². The number of phenols is 1. The van der Waals surface area contributed by atoms with Crippen LogP contribution in [-0.4, -0.2) is 153 Å². The second-order valence-electron chi connectivity index (χ2n) is 18.4. The molecule has 410 valence electrons. The number of carbonyl (C=O) groups is 10. The van der Waals surface area contributed by atoms with Crippen LogP contribution in [0.2, 0.25) is 0 Å². The number of aliphatic carboxylic acids is 1. The van der Waals surface area contributed by atoms with E-state index in [1.807, 2.05) is 0 Å². The molecule has 17 N–H and O–H groups in total. The fourth-order valence-corrected chi connectivity index (χ4v) is 7.68. The SMILES string of the molecule is CSCC[C@H](NC(=O)[C@@H](NC(=O)[C@H](C)NC(=O)[C@H](Cc1ccccc1)NC(=O)[C@H](CC(N)=O)NC(=O)[C@H](Cc1ccc(O)cc1)NC(=O)[C@H](CC(C)C)NC(=O)[C@H](C)NC(=O)[C@@H](N)CCCCN)[C@@H](C)O)C(=O)O. The van der Waals surface area contributed by atoms with Crippen LogP contribution < -0.4 is 59.7 Å². The molecule has 9 amide bonds. The Bertz CT molecular complexity index is 2200. The number of thioether (sulfide) groups is 1. The summed E-state index contributed by atoms with van der Waals surface area (Å²) in [4.78, 5) is 133. The van der Waals surface area contributed by atoms with E-state index in [1.54, 1.807) is 50.4 Å². The number of unbranched alkanes of at least 4 members (excludes halogenated alkanes) is 1. The molecule has 0 bridgehead atoms. The van der Waals surface area contributed by atoms with Crippen LogP contribution in [0.5, 0.6) is 5.75 Å². The van der Waals surface area contributed by atoms with Gasteiger partial charge >= 0.3 is 5.97 Å². The lowest BCUT2D eigenvalue weighted by Gasteiger charge is -2.28. The highest BCUT2D eigenvalue weighted by molar-refractivity contribution is 7.98. The molecule has 25 heteroatoms. The van der Waals surface area contributed by atoms with Crippen LogP contribution in [0.25, 0.3) is 0 Å². The van der Waals surface area contributed by atoms with E-state index in [0.717, 1.165) is 0 Å². The molecular weight excluding hydrogens is 983 g/mol. The van der Waals surface area contributed by atoms with Gasteiger partial charge in [0.2, 0.25) is 53.2 Å². The molecule has 0 heterocycles. The zero-order valence-electron chi connectivity index (χ0n) is 42.7. The van der Waals surface area contributed by atoms with Crippen molar-refractivity contribution in [3.63, 3.8) is 0 Å². The monoisotopic (exact) mass is 1060 g/mol. The molecule has 0 radical (unpaired) electrons. The van der Waals surface area contributed by atoms with Crippen molar-refractivity contribution in [3.05, 3.63) is 65.7 Å². The number of nitrogens with one attached hydrogen (secondary N) is 8. The van der Waals surface area contributed by atoms with E-state index in [1.165, 1.54) is 56.8 Å². The van der Waals surface area contributed by atoms with Gasteiger partial charge in [0, 0.05) is 12.8 Å². The Morgan fingerprint density at radius 2 is 1.04 bits per heavy atom. The van der Waals surface area contributed by atoms with Gasteiger partial charge in [-0.15, -0.1) is 0 Å². The number of aromatic hydroxyl groups is 1. The van der Waals surface area contributed by atoms with Crippen LogP contribution in [0, 0.1) is 5.92 Å². The zero-order valence-corrected chi connectivity index (χ0v) is 43.5. The lowest BCUT2D eigenvalue weighted by Crippen LogP contribution is -2.61. The topological polar surface area (TPSA) is 406 Å². The molecule has 2 aromatic rings. The Labute approximate surface area is 435 Å². The summed E-state index contributed by atoms with van der Waals surface area (Å²) in [6.45, 7) is 7.86. The summed E-state index contributed by atoms with van der Waals surface area (Å²) in [6.07, 6.45) is 0.726. The molecule has 74 heavy (non-hydrogen) atoms. The van der Waals surface area contributed by atoms with E-state index in [0.29, 0.717) is 42.7 Å². The van der Waals surface area contributed by atoms with Gasteiger partial charge in [-0.05, 0) is 94.2 Å². The molecule has 24 nitrogen and oxygen atoms in total. The van der Waals surface area contributed by atoms with E-state index in [-0.39, 0.29) is 37.4 Å². The number of hydrogen-bond acceptors (Lipinski definition) is 15. The number of hydrogen-bond donors (Lipinski definition) is 14.